The van der Waals surface area contributed by atoms with Crippen molar-refractivity contribution >= 4 is 5.69 Å². The number of hydrogen-bond acceptors (Lipinski definition) is 4. The molecule has 20 heavy (non-hydrogen) atoms. The van der Waals surface area contributed by atoms with Crippen molar-refractivity contribution in [2.75, 3.05) is 13.1 Å². The topological polar surface area (TPSA) is 83.8 Å². The van der Waals surface area contributed by atoms with Crippen molar-refractivity contribution in [1.29, 1.82) is 0 Å². The molecular formula is C14H16N4O2. The summed E-state index contributed by atoms with van der Waals surface area (Å²) in [5.74, 6) is 1.19. The number of nitrogens with one attached hydrogen (secondary N) is 2. The van der Waals surface area contributed by atoms with E-state index < -0.39 is 0 Å². The van der Waals surface area contributed by atoms with Crippen LogP contribution in [0.1, 0.15) is 24.5 Å². The summed E-state index contributed by atoms with van der Waals surface area (Å²) in [6.07, 6.45) is 4.04. The van der Waals surface area contributed by atoms with Gasteiger partial charge in [-0.3, -0.25) is 10.1 Å². The zero-order valence-electron chi connectivity index (χ0n) is 11.0. The van der Waals surface area contributed by atoms with Crippen molar-refractivity contribution in [1.82, 2.24) is 15.3 Å². The van der Waals surface area contributed by atoms with E-state index in [9.17, 15) is 10.1 Å². The fraction of sp³-hybridized carbons (Fsp3) is 0.357. The van der Waals surface area contributed by atoms with Crippen LogP contribution in [0.3, 0.4) is 0 Å². The first kappa shape index (κ1) is 12.8. The van der Waals surface area contributed by atoms with Gasteiger partial charge >= 0.3 is 0 Å². The van der Waals surface area contributed by atoms with E-state index >= 15 is 0 Å². The van der Waals surface area contributed by atoms with Crippen LogP contribution in [0, 0.1) is 10.1 Å². The lowest BCUT2D eigenvalue weighted by Gasteiger charge is -2.21. The lowest BCUT2D eigenvalue weighted by Crippen LogP contribution is -2.26. The van der Waals surface area contributed by atoms with E-state index in [0.717, 1.165) is 37.2 Å². The number of nitrogens with zero attached hydrogens (tertiary/aromatic N) is 2. The van der Waals surface area contributed by atoms with Gasteiger partial charge in [-0.1, -0.05) is 12.1 Å². The van der Waals surface area contributed by atoms with E-state index in [1.165, 1.54) is 6.07 Å². The Kier molecular flexibility index (Phi) is 3.47. The largest absolute Gasteiger partial charge is 0.342 e. The summed E-state index contributed by atoms with van der Waals surface area (Å²) in [7, 11) is 0. The molecule has 0 unspecified atom stereocenters. The molecule has 0 saturated carbocycles. The highest BCUT2D eigenvalue weighted by molar-refractivity contribution is 5.59. The molecule has 0 atom stereocenters. The van der Waals surface area contributed by atoms with Crippen LogP contribution in [0.15, 0.2) is 30.5 Å². The van der Waals surface area contributed by atoms with Gasteiger partial charge in [-0.2, -0.15) is 0 Å². The molecular weight excluding hydrogens is 256 g/mol. The minimum atomic E-state index is -0.389. The van der Waals surface area contributed by atoms with Crippen LogP contribution in [-0.4, -0.2) is 28.0 Å². The maximum atomic E-state index is 10.8. The molecule has 6 nitrogen and oxygen atoms in total. The molecule has 1 aliphatic heterocycles. The molecule has 0 aliphatic carbocycles. The minimum absolute atomic E-state index is 0.0855. The molecule has 6 heteroatoms. The molecule has 1 aliphatic rings. The molecule has 1 saturated heterocycles. The number of nitro benzene ring substituents is 1. The number of aromatic amines is 1. The van der Waals surface area contributed by atoms with Crippen LogP contribution >= 0.6 is 0 Å². The smallest absolute Gasteiger partial charge is 0.270 e. The Morgan fingerprint density at radius 3 is 2.85 bits per heavy atom. The van der Waals surface area contributed by atoms with E-state index in [0.29, 0.717) is 11.7 Å². The van der Waals surface area contributed by atoms with Crippen LogP contribution in [0.2, 0.25) is 0 Å². The summed E-state index contributed by atoms with van der Waals surface area (Å²) >= 11 is 0. The second-order valence-electron chi connectivity index (χ2n) is 5.02. The van der Waals surface area contributed by atoms with Crippen molar-refractivity contribution in [3.05, 3.63) is 46.3 Å². The molecule has 2 aromatic rings. The van der Waals surface area contributed by atoms with Crippen molar-refractivity contribution in [3.8, 4) is 11.4 Å². The molecule has 1 fully saturated rings. The van der Waals surface area contributed by atoms with E-state index in [1.54, 1.807) is 12.1 Å². The third-order valence-electron chi connectivity index (χ3n) is 3.70. The average molecular weight is 272 g/mol. The molecule has 104 valence electrons. The second-order valence-corrected chi connectivity index (χ2v) is 5.02. The fourth-order valence-corrected chi connectivity index (χ4v) is 2.59. The van der Waals surface area contributed by atoms with Crippen molar-refractivity contribution < 1.29 is 4.92 Å². The van der Waals surface area contributed by atoms with Gasteiger partial charge in [0.05, 0.1) is 4.92 Å². The number of piperidine rings is 1. The molecule has 0 amide bonds. The quantitative estimate of drug-likeness (QED) is 0.664. The molecule has 3 rings (SSSR count). The van der Waals surface area contributed by atoms with Crippen molar-refractivity contribution in [3.63, 3.8) is 0 Å². The number of non-ortho nitro benzene ring substituents is 1. The summed E-state index contributed by atoms with van der Waals surface area (Å²) in [6, 6.07) is 6.55. The normalized spacial score (nSPS) is 16.2. The Bertz CT molecular complexity index is 617. The predicted molar refractivity (Wildman–Crippen MR) is 75.5 cm³/mol. The van der Waals surface area contributed by atoms with Crippen LogP contribution in [-0.2, 0) is 0 Å². The Hall–Kier alpha value is -2.21. The number of nitro groups is 1. The van der Waals surface area contributed by atoms with Gasteiger partial charge in [0, 0.05) is 35.5 Å². The summed E-state index contributed by atoms with van der Waals surface area (Å²) in [6.45, 7) is 2.05. The Balaban J connectivity index is 1.85. The number of H-pyrrole nitrogens is 1. The van der Waals surface area contributed by atoms with Gasteiger partial charge in [0.15, 0.2) is 0 Å². The van der Waals surface area contributed by atoms with E-state index in [4.69, 9.17) is 0 Å². The molecule has 2 N–H and O–H groups in total. The fourth-order valence-electron chi connectivity index (χ4n) is 2.59. The third-order valence-corrected chi connectivity index (χ3v) is 3.70. The average Bonchev–Trinajstić information content (AvgIpc) is 2.98. The first-order valence-corrected chi connectivity index (χ1v) is 6.74. The predicted octanol–water partition coefficient (Wildman–Crippen LogP) is 2.45. The van der Waals surface area contributed by atoms with Gasteiger partial charge < -0.3 is 10.3 Å². The highest BCUT2D eigenvalue weighted by Gasteiger charge is 2.18. The molecule has 0 spiro atoms. The molecule has 1 aromatic heterocycles. The van der Waals surface area contributed by atoms with Crippen molar-refractivity contribution in [2.24, 2.45) is 0 Å². The second kappa shape index (κ2) is 5.42. The van der Waals surface area contributed by atoms with Gasteiger partial charge in [0.2, 0.25) is 0 Å². The van der Waals surface area contributed by atoms with Crippen LogP contribution in [0.25, 0.3) is 11.4 Å². The Morgan fingerprint density at radius 2 is 2.10 bits per heavy atom. The number of aromatic nitrogens is 2. The molecule has 1 aromatic carbocycles. The first-order valence-electron chi connectivity index (χ1n) is 6.74. The number of benzene rings is 1. The van der Waals surface area contributed by atoms with E-state index in [-0.39, 0.29) is 10.6 Å². The Labute approximate surface area is 116 Å². The highest BCUT2D eigenvalue weighted by atomic mass is 16.6. The van der Waals surface area contributed by atoms with Crippen molar-refractivity contribution in [2.45, 2.75) is 18.8 Å². The Morgan fingerprint density at radius 1 is 1.30 bits per heavy atom. The molecule has 2 heterocycles. The molecule has 0 bridgehead atoms. The maximum Gasteiger partial charge on any atom is 0.270 e. The first-order chi connectivity index (χ1) is 9.74. The SMILES string of the molecule is O=[N+]([O-])c1cccc(-c2ncc(C3CCNCC3)[nH]2)c1. The standard InChI is InChI=1S/C14H16N4O2/c19-18(20)12-3-1-2-11(8-12)14-16-9-13(17-14)10-4-6-15-7-5-10/h1-3,8-10,15H,4-7H2,(H,16,17). The van der Waals surface area contributed by atoms with Gasteiger partial charge in [-0.15, -0.1) is 0 Å². The van der Waals surface area contributed by atoms with Crippen LogP contribution in [0.5, 0.6) is 0 Å². The summed E-state index contributed by atoms with van der Waals surface area (Å²) in [4.78, 5) is 18.1. The van der Waals surface area contributed by atoms with Gasteiger partial charge in [-0.25, -0.2) is 4.98 Å². The summed E-state index contributed by atoms with van der Waals surface area (Å²) < 4.78 is 0. The summed E-state index contributed by atoms with van der Waals surface area (Å²) in [5.41, 5.74) is 1.95. The van der Waals surface area contributed by atoms with Crippen LogP contribution in [0.4, 0.5) is 5.69 Å². The van der Waals surface area contributed by atoms with Gasteiger partial charge in [-0.05, 0) is 25.9 Å². The highest BCUT2D eigenvalue weighted by Crippen LogP contribution is 2.27. The minimum Gasteiger partial charge on any atom is -0.342 e. The number of hydrogen-bond donors (Lipinski definition) is 2. The zero-order chi connectivity index (χ0) is 13.9. The zero-order valence-corrected chi connectivity index (χ0v) is 11.0. The third kappa shape index (κ3) is 2.55. The number of imidazole rings is 1. The van der Waals surface area contributed by atoms with E-state index in [1.807, 2.05) is 12.3 Å². The van der Waals surface area contributed by atoms with Gasteiger partial charge in [0.25, 0.3) is 5.69 Å². The number of rotatable bonds is 3. The monoisotopic (exact) mass is 272 g/mol. The molecule has 0 radical (unpaired) electrons. The van der Waals surface area contributed by atoms with Crippen LogP contribution < -0.4 is 5.32 Å². The maximum absolute atomic E-state index is 10.8. The lowest BCUT2D eigenvalue weighted by molar-refractivity contribution is -0.384. The van der Waals surface area contributed by atoms with E-state index in [2.05, 4.69) is 15.3 Å². The van der Waals surface area contributed by atoms with Gasteiger partial charge in [0.1, 0.15) is 5.82 Å². The summed E-state index contributed by atoms with van der Waals surface area (Å²) in [5, 5.41) is 14.1. The lowest BCUT2D eigenvalue weighted by atomic mass is 9.95.